The number of hydrogen-bond acceptors (Lipinski definition) is 5. The van der Waals surface area contributed by atoms with Crippen LogP contribution in [0.3, 0.4) is 0 Å². The molecule has 0 radical (unpaired) electrons. The van der Waals surface area contributed by atoms with Gasteiger partial charge in [-0.15, -0.1) is 11.3 Å². The Bertz CT molecular complexity index is 478. The fraction of sp³-hybridized carbons (Fsp3) is 0.538. The number of nitrogens with two attached hydrogens (primary N) is 1. The van der Waals surface area contributed by atoms with Crippen LogP contribution in [0.25, 0.3) is 0 Å². The molecular formula is C13H18N2O3S. The molecule has 0 bridgehead atoms. The van der Waals surface area contributed by atoms with E-state index in [0.29, 0.717) is 17.0 Å². The molecule has 19 heavy (non-hydrogen) atoms. The van der Waals surface area contributed by atoms with Gasteiger partial charge in [0.15, 0.2) is 0 Å². The highest BCUT2D eigenvalue weighted by Crippen LogP contribution is 2.31. The average molecular weight is 282 g/mol. The summed E-state index contributed by atoms with van der Waals surface area (Å²) in [4.78, 5) is 23.9. The molecule has 1 aromatic rings. The Morgan fingerprint density at radius 1 is 1.47 bits per heavy atom. The van der Waals surface area contributed by atoms with Crippen LogP contribution >= 0.6 is 11.3 Å². The van der Waals surface area contributed by atoms with Crippen molar-refractivity contribution in [3.63, 3.8) is 0 Å². The Morgan fingerprint density at radius 3 is 2.79 bits per heavy atom. The summed E-state index contributed by atoms with van der Waals surface area (Å²) in [7, 11) is 1.32. The highest BCUT2D eigenvalue weighted by atomic mass is 32.1. The van der Waals surface area contributed by atoms with Crippen LogP contribution in [0.15, 0.2) is 11.4 Å². The van der Waals surface area contributed by atoms with E-state index in [9.17, 15) is 9.59 Å². The van der Waals surface area contributed by atoms with Crippen LogP contribution in [0, 0.1) is 0 Å². The number of methoxy groups -OCH3 is 1. The van der Waals surface area contributed by atoms with Gasteiger partial charge in [-0.05, 0) is 24.3 Å². The first-order valence-electron chi connectivity index (χ1n) is 6.29. The molecule has 3 N–H and O–H groups in total. The SMILES string of the molecule is COC(=O)c1sccc1NC(=O)CC1(N)CCCC1. The van der Waals surface area contributed by atoms with Crippen LogP contribution in [-0.2, 0) is 9.53 Å². The molecule has 2 rings (SSSR count). The van der Waals surface area contributed by atoms with E-state index < -0.39 is 5.97 Å². The van der Waals surface area contributed by atoms with Gasteiger partial charge in [0.1, 0.15) is 4.88 Å². The summed E-state index contributed by atoms with van der Waals surface area (Å²) >= 11 is 1.25. The molecule has 1 saturated carbocycles. The van der Waals surface area contributed by atoms with E-state index in [1.807, 2.05) is 0 Å². The third kappa shape index (κ3) is 3.33. The zero-order valence-corrected chi connectivity index (χ0v) is 11.7. The molecular weight excluding hydrogens is 264 g/mol. The maximum atomic E-state index is 12.0. The molecule has 0 saturated heterocycles. The van der Waals surface area contributed by atoms with Crippen LogP contribution in [0.5, 0.6) is 0 Å². The maximum Gasteiger partial charge on any atom is 0.350 e. The van der Waals surface area contributed by atoms with Gasteiger partial charge < -0.3 is 15.8 Å². The number of hydrogen-bond donors (Lipinski definition) is 2. The quantitative estimate of drug-likeness (QED) is 0.829. The van der Waals surface area contributed by atoms with Crippen molar-refractivity contribution in [3.05, 3.63) is 16.3 Å². The number of carbonyl (C=O) groups is 2. The van der Waals surface area contributed by atoms with E-state index in [-0.39, 0.29) is 11.4 Å². The zero-order valence-electron chi connectivity index (χ0n) is 10.9. The van der Waals surface area contributed by atoms with Crippen molar-refractivity contribution < 1.29 is 14.3 Å². The first kappa shape index (κ1) is 14.0. The lowest BCUT2D eigenvalue weighted by Crippen LogP contribution is -2.40. The van der Waals surface area contributed by atoms with Crippen LogP contribution in [0.4, 0.5) is 5.69 Å². The van der Waals surface area contributed by atoms with Gasteiger partial charge in [-0.25, -0.2) is 4.79 Å². The predicted octanol–water partition coefficient (Wildman–Crippen LogP) is 2.13. The molecule has 104 valence electrons. The highest BCUT2D eigenvalue weighted by Gasteiger charge is 2.32. The lowest BCUT2D eigenvalue weighted by Gasteiger charge is -2.22. The van der Waals surface area contributed by atoms with Crippen LogP contribution in [-0.4, -0.2) is 24.5 Å². The lowest BCUT2D eigenvalue weighted by atomic mass is 9.94. The summed E-state index contributed by atoms with van der Waals surface area (Å²) in [6.07, 6.45) is 4.22. The van der Waals surface area contributed by atoms with Crippen molar-refractivity contribution >= 4 is 28.9 Å². The molecule has 6 heteroatoms. The van der Waals surface area contributed by atoms with E-state index in [4.69, 9.17) is 5.73 Å². The van der Waals surface area contributed by atoms with Gasteiger partial charge in [-0.1, -0.05) is 12.8 Å². The smallest absolute Gasteiger partial charge is 0.350 e. The molecule has 0 atom stereocenters. The highest BCUT2D eigenvalue weighted by molar-refractivity contribution is 7.12. The lowest BCUT2D eigenvalue weighted by molar-refractivity contribution is -0.117. The van der Waals surface area contributed by atoms with Crippen molar-refractivity contribution in [2.45, 2.75) is 37.6 Å². The second-order valence-corrected chi connectivity index (χ2v) is 5.87. The Morgan fingerprint density at radius 2 is 2.16 bits per heavy atom. The first-order valence-corrected chi connectivity index (χ1v) is 7.16. The summed E-state index contributed by atoms with van der Waals surface area (Å²) < 4.78 is 4.67. The normalized spacial score (nSPS) is 17.2. The van der Waals surface area contributed by atoms with Gasteiger partial charge >= 0.3 is 5.97 Å². The molecule has 0 aromatic carbocycles. The minimum absolute atomic E-state index is 0.145. The van der Waals surface area contributed by atoms with E-state index in [1.54, 1.807) is 11.4 Å². The summed E-state index contributed by atoms with van der Waals surface area (Å²) in [5, 5.41) is 4.49. The van der Waals surface area contributed by atoms with Crippen molar-refractivity contribution in [1.29, 1.82) is 0 Å². The number of ether oxygens (including phenoxy) is 1. The monoisotopic (exact) mass is 282 g/mol. The Hall–Kier alpha value is -1.40. The molecule has 1 aliphatic carbocycles. The topological polar surface area (TPSA) is 81.4 Å². The predicted molar refractivity (Wildman–Crippen MR) is 74.3 cm³/mol. The van der Waals surface area contributed by atoms with Gasteiger partial charge in [-0.2, -0.15) is 0 Å². The zero-order chi connectivity index (χ0) is 13.9. The molecule has 1 fully saturated rings. The van der Waals surface area contributed by atoms with E-state index in [1.165, 1.54) is 18.4 Å². The Labute approximate surface area is 116 Å². The Balaban J connectivity index is 1.99. The van der Waals surface area contributed by atoms with Crippen LogP contribution in [0.1, 0.15) is 41.8 Å². The largest absolute Gasteiger partial charge is 0.465 e. The maximum absolute atomic E-state index is 12.0. The number of thiophene rings is 1. The van der Waals surface area contributed by atoms with Crippen molar-refractivity contribution in [2.24, 2.45) is 5.73 Å². The van der Waals surface area contributed by atoms with Crippen LogP contribution < -0.4 is 11.1 Å². The molecule has 5 nitrogen and oxygen atoms in total. The second-order valence-electron chi connectivity index (χ2n) is 4.95. The van der Waals surface area contributed by atoms with Crippen molar-refractivity contribution in [3.8, 4) is 0 Å². The number of rotatable bonds is 4. The molecule has 0 spiro atoms. The molecule has 1 aliphatic rings. The molecule has 1 aromatic heterocycles. The summed E-state index contributed by atoms with van der Waals surface area (Å²) in [6.45, 7) is 0. The first-order chi connectivity index (χ1) is 9.04. The fourth-order valence-corrected chi connectivity index (χ4v) is 3.19. The van der Waals surface area contributed by atoms with Crippen molar-refractivity contribution in [1.82, 2.24) is 0 Å². The summed E-state index contributed by atoms with van der Waals surface area (Å²) in [5.74, 6) is -0.582. The van der Waals surface area contributed by atoms with Gasteiger partial charge in [0, 0.05) is 12.0 Å². The molecule has 1 heterocycles. The third-order valence-corrected chi connectivity index (χ3v) is 4.32. The molecule has 0 aliphatic heterocycles. The number of amides is 1. The summed E-state index contributed by atoms with van der Waals surface area (Å²) in [5.41, 5.74) is 6.28. The van der Waals surface area contributed by atoms with E-state index in [0.717, 1.165) is 25.7 Å². The minimum atomic E-state index is -0.436. The Kier molecular flexibility index (Phi) is 4.21. The standard InChI is InChI=1S/C13H18N2O3S/c1-18-12(17)11-9(4-7-19-11)15-10(16)8-13(14)5-2-3-6-13/h4,7H,2-3,5-6,8,14H2,1H3,(H,15,16). The number of esters is 1. The van der Waals surface area contributed by atoms with E-state index >= 15 is 0 Å². The van der Waals surface area contributed by atoms with Gasteiger partial charge in [-0.3, -0.25) is 4.79 Å². The van der Waals surface area contributed by atoms with E-state index in [2.05, 4.69) is 10.1 Å². The summed E-state index contributed by atoms with van der Waals surface area (Å²) in [6, 6.07) is 1.70. The number of carbonyl (C=O) groups excluding carboxylic acids is 2. The molecule has 1 amide bonds. The van der Waals surface area contributed by atoms with Gasteiger partial charge in [0.2, 0.25) is 5.91 Å². The number of anilines is 1. The van der Waals surface area contributed by atoms with Gasteiger partial charge in [0.25, 0.3) is 0 Å². The fourth-order valence-electron chi connectivity index (χ4n) is 2.43. The van der Waals surface area contributed by atoms with Crippen LogP contribution in [0.2, 0.25) is 0 Å². The molecule has 0 unspecified atom stereocenters. The van der Waals surface area contributed by atoms with Crippen molar-refractivity contribution in [2.75, 3.05) is 12.4 Å². The third-order valence-electron chi connectivity index (χ3n) is 3.42. The minimum Gasteiger partial charge on any atom is -0.465 e. The number of nitrogens with one attached hydrogen (secondary N) is 1. The van der Waals surface area contributed by atoms with Gasteiger partial charge in [0.05, 0.1) is 12.8 Å². The second kappa shape index (κ2) is 5.71. The average Bonchev–Trinajstić information content (AvgIpc) is 2.97.